The van der Waals surface area contributed by atoms with Gasteiger partial charge < -0.3 is 14.7 Å². The van der Waals surface area contributed by atoms with Crippen LogP contribution in [0.25, 0.3) is 0 Å². The first-order valence-corrected chi connectivity index (χ1v) is 3.48. The standard InChI is InChI=1S/C9H8O3/c10-5-7(6-11)8-3-1-2-4-9(8)12/h1-7,12H. The van der Waals surface area contributed by atoms with Crippen molar-refractivity contribution in [3.8, 4) is 5.75 Å². The van der Waals surface area contributed by atoms with Crippen LogP contribution in [-0.2, 0) is 9.59 Å². The highest BCUT2D eigenvalue weighted by atomic mass is 16.3. The van der Waals surface area contributed by atoms with Crippen molar-refractivity contribution < 1.29 is 14.7 Å². The molecule has 0 spiro atoms. The Morgan fingerprint density at radius 2 is 1.75 bits per heavy atom. The van der Waals surface area contributed by atoms with Crippen molar-refractivity contribution in [2.45, 2.75) is 5.92 Å². The van der Waals surface area contributed by atoms with Crippen LogP contribution in [0.1, 0.15) is 11.5 Å². The van der Waals surface area contributed by atoms with Crippen LogP contribution in [0, 0.1) is 0 Å². The highest BCUT2D eigenvalue weighted by Crippen LogP contribution is 2.22. The maximum atomic E-state index is 10.3. The molecule has 0 unspecified atom stereocenters. The lowest BCUT2D eigenvalue weighted by Gasteiger charge is -2.03. The minimum atomic E-state index is -0.855. The van der Waals surface area contributed by atoms with Crippen molar-refractivity contribution >= 4 is 12.6 Å². The molecule has 1 rings (SSSR count). The van der Waals surface area contributed by atoms with Crippen LogP contribution in [0.2, 0.25) is 0 Å². The van der Waals surface area contributed by atoms with Crippen LogP contribution >= 0.6 is 0 Å². The van der Waals surface area contributed by atoms with Crippen molar-refractivity contribution in [1.82, 2.24) is 0 Å². The SMILES string of the molecule is O=CC(C=O)c1ccccc1O. The summed E-state index contributed by atoms with van der Waals surface area (Å²) in [7, 11) is 0. The summed E-state index contributed by atoms with van der Waals surface area (Å²) in [6, 6.07) is 6.28. The molecule has 0 bridgehead atoms. The second-order valence-electron chi connectivity index (χ2n) is 2.36. The van der Waals surface area contributed by atoms with Crippen LogP contribution in [0.5, 0.6) is 5.75 Å². The lowest BCUT2D eigenvalue weighted by atomic mass is 10.0. The van der Waals surface area contributed by atoms with Crippen LogP contribution in [-0.4, -0.2) is 17.7 Å². The van der Waals surface area contributed by atoms with E-state index in [0.29, 0.717) is 18.1 Å². The van der Waals surface area contributed by atoms with Crippen molar-refractivity contribution in [2.75, 3.05) is 0 Å². The van der Waals surface area contributed by atoms with Gasteiger partial charge in [-0.25, -0.2) is 0 Å². The number of carbonyl (C=O) groups is 2. The molecule has 0 atom stereocenters. The summed E-state index contributed by atoms with van der Waals surface area (Å²) < 4.78 is 0. The van der Waals surface area contributed by atoms with Gasteiger partial charge in [0.2, 0.25) is 0 Å². The zero-order valence-electron chi connectivity index (χ0n) is 6.31. The first-order valence-electron chi connectivity index (χ1n) is 3.48. The highest BCUT2D eigenvalue weighted by Gasteiger charge is 2.11. The van der Waals surface area contributed by atoms with E-state index in [1.165, 1.54) is 6.07 Å². The van der Waals surface area contributed by atoms with Gasteiger partial charge in [0.05, 0.1) is 5.92 Å². The fourth-order valence-corrected chi connectivity index (χ4v) is 0.948. The first-order chi connectivity index (χ1) is 5.79. The summed E-state index contributed by atoms with van der Waals surface area (Å²) in [5.41, 5.74) is 0.350. The van der Waals surface area contributed by atoms with E-state index in [0.717, 1.165) is 0 Å². The third kappa shape index (κ3) is 1.50. The van der Waals surface area contributed by atoms with E-state index in [4.69, 9.17) is 0 Å². The van der Waals surface area contributed by atoms with Crippen molar-refractivity contribution in [2.24, 2.45) is 0 Å². The van der Waals surface area contributed by atoms with E-state index in [9.17, 15) is 14.7 Å². The van der Waals surface area contributed by atoms with E-state index < -0.39 is 5.92 Å². The van der Waals surface area contributed by atoms with Gasteiger partial charge in [-0.1, -0.05) is 18.2 Å². The third-order valence-corrected chi connectivity index (χ3v) is 1.59. The Morgan fingerprint density at radius 3 is 2.25 bits per heavy atom. The van der Waals surface area contributed by atoms with Crippen LogP contribution in [0.4, 0.5) is 0 Å². The number of para-hydroxylation sites is 1. The molecule has 1 N–H and O–H groups in total. The zero-order chi connectivity index (χ0) is 8.97. The molecule has 12 heavy (non-hydrogen) atoms. The summed E-state index contributed by atoms with van der Waals surface area (Å²) in [4.78, 5) is 20.7. The molecule has 0 saturated heterocycles. The predicted molar refractivity (Wildman–Crippen MR) is 43.0 cm³/mol. The Bertz CT molecular complexity index is 286. The van der Waals surface area contributed by atoms with Gasteiger partial charge in [-0.15, -0.1) is 0 Å². The Labute approximate surface area is 69.6 Å². The lowest BCUT2D eigenvalue weighted by molar-refractivity contribution is -0.116. The van der Waals surface area contributed by atoms with Crippen LogP contribution in [0.15, 0.2) is 24.3 Å². The number of phenols is 1. The van der Waals surface area contributed by atoms with Crippen molar-refractivity contribution in [3.63, 3.8) is 0 Å². The van der Waals surface area contributed by atoms with E-state index >= 15 is 0 Å². The van der Waals surface area contributed by atoms with E-state index in [2.05, 4.69) is 0 Å². The maximum Gasteiger partial charge on any atom is 0.134 e. The molecule has 0 aliphatic carbocycles. The average molecular weight is 164 g/mol. The smallest absolute Gasteiger partial charge is 0.134 e. The average Bonchev–Trinajstić information content (AvgIpc) is 2.10. The van der Waals surface area contributed by atoms with Gasteiger partial charge in [0.25, 0.3) is 0 Å². The Hall–Kier alpha value is -1.64. The summed E-state index contributed by atoms with van der Waals surface area (Å²) >= 11 is 0. The van der Waals surface area contributed by atoms with Gasteiger partial charge in [-0.3, -0.25) is 0 Å². The molecular formula is C9H8O3. The quantitative estimate of drug-likeness (QED) is 0.532. The molecule has 0 amide bonds. The highest BCUT2D eigenvalue weighted by molar-refractivity contribution is 5.85. The second-order valence-corrected chi connectivity index (χ2v) is 2.36. The number of carbonyl (C=O) groups excluding carboxylic acids is 2. The van der Waals surface area contributed by atoms with Gasteiger partial charge in [0.15, 0.2) is 0 Å². The van der Waals surface area contributed by atoms with Crippen molar-refractivity contribution in [3.05, 3.63) is 29.8 Å². The van der Waals surface area contributed by atoms with Gasteiger partial charge in [0.1, 0.15) is 18.3 Å². The molecule has 0 saturated carbocycles. The molecule has 62 valence electrons. The molecule has 0 heterocycles. The number of aromatic hydroxyl groups is 1. The normalized spacial score (nSPS) is 9.75. The number of phenolic OH excluding ortho intramolecular Hbond substituents is 1. The summed E-state index contributed by atoms with van der Waals surface area (Å²) in [6.07, 6.45) is 1.00. The fraction of sp³-hybridized carbons (Fsp3) is 0.111. The molecular weight excluding hydrogens is 156 g/mol. The van der Waals surface area contributed by atoms with Crippen molar-refractivity contribution in [1.29, 1.82) is 0 Å². The molecule has 0 radical (unpaired) electrons. The molecule has 1 aromatic carbocycles. The summed E-state index contributed by atoms with van der Waals surface area (Å²) in [6.45, 7) is 0. The molecule has 0 fully saturated rings. The number of benzene rings is 1. The van der Waals surface area contributed by atoms with Gasteiger partial charge >= 0.3 is 0 Å². The van der Waals surface area contributed by atoms with Crippen LogP contribution in [0.3, 0.4) is 0 Å². The van der Waals surface area contributed by atoms with Gasteiger partial charge in [0, 0.05) is 5.56 Å². The number of rotatable bonds is 3. The van der Waals surface area contributed by atoms with E-state index in [1.807, 2.05) is 0 Å². The molecule has 3 nitrogen and oxygen atoms in total. The van der Waals surface area contributed by atoms with Crippen LogP contribution < -0.4 is 0 Å². The minimum absolute atomic E-state index is 0.0262. The number of aldehydes is 2. The minimum Gasteiger partial charge on any atom is -0.508 e. The van der Waals surface area contributed by atoms with E-state index in [1.54, 1.807) is 18.2 Å². The monoisotopic (exact) mass is 164 g/mol. The molecule has 0 aromatic heterocycles. The fourth-order valence-electron chi connectivity index (χ4n) is 0.948. The predicted octanol–water partition coefficient (Wildman–Crippen LogP) is 0.874. The van der Waals surface area contributed by atoms with Gasteiger partial charge in [-0.05, 0) is 6.07 Å². The summed E-state index contributed by atoms with van der Waals surface area (Å²) in [5.74, 6) is -0.882. The maximum absolute atomic E-state index is 10.3. The third-order valence-electron chi connectivity index (χ3n) is 1.59. The second kappa shape index (κ2) is 3.67. The summed E-state index contributed by atoms with van der Waals surface area (Å²) in [5, 5.41) is 9.23. The molecule has 0 aliphatic rings. The first kappa shape index (κ1) is 8.46. The topological polar surface area (TPSA) is 54.4 Å². The zero-order valence-corrected chi connectivity index (χ0v) is 6.31. The number of hydrogen-bond donors (Lipinski definition) is 1. The Morgan fingerprint density at radius 1 is 1.17 bits per heavy atom. The van der Waals surface area contributed by atoms with Gasteiger partial charge in [-0.2, -0.15) is 0 Å². The Balaban J connectivity index is 3.08. The number of hydrogen-bond acceptors (Lipinski definition) is 3. The largest absolute Gasteiger partial charge is 0.508 e. The van der Waals surface area contributed by atoms with E-state index in [-0.39, 0.29) is 5.75 Å². The Kier molecular flexibility index (Phi) is 2.58. The lowest BCUT2D eigenvalue weighted by Crippen LogP contribution is -2.01. The molecule has 3 heteroatoms. The molecule has 1 aromatic rings. The molecule has 0 aliphatic heterocycles.